The van der Waals surface area contributed by atoms with Crippen molar-refractivity contribution in [3.05, 3.63) is 29.3 Å². The van der Waals surface area contributed by atoms with Crippen LogP contribution in [0.3, 0.4) is 0 Å². The molecule has 0 bridgehead atoms. The molecular weight excluding hydrogens is 250 g/mol. The number of amides is 2. The highest BCUT2D eigenvalue weighted by Gasteiger charge is 2.10. The maximum Gasteiger partial charge on any atom is 0.248 e. The zero-order valence-electron chi connectivity index (χ0n) is 10.8. The number of primary amides is 2. The first-order valence-electron chi connectivity index (χ1n) is 5.52. The van der Waals surface area contributed by atoms with Crippen LogP contribution >= 0.6 is 0 Å². The van der Waals surface area contributed by atoms with Crippen molar-refractivity contribution in [1.29, 1.82) is 0 Å². The van der Waals surface area contributed by atoms with E-state index in [0.717, 1.165) is 0 Å². The minimum Gasteiger partial charge on any atom is -0.380 e. The molecule has 7 heteroatoms. The number of ether oxygens (including phenoxy) is 2. The van der Waals surface area contributed by atoms with Crippen LogP contribution in [0.25, 0.3) is 0 Å². The molecule has 0 atom stereocenters. The Kier molecular flexibility index (Phi) is 5.28. The van der Waals surface area contributed by atoms with Crippen LogP contribution in [-0.4, -0.2) is 38.9 Å². The van der Waals surface area contributed by atoms with E-state index in [-0.39, 0.29) is 11.1 Å². The quantitative estimate of drug-likeness (QED) is 0.597. The zero-order valence-corrected chi connectivity index (χ0v) is 10.8. The first kappa shape index (κ1) is 14.9. The van der Waals surface area contributed by atoms with Gasteiger partial charge in [-0.15, -0.1) is 0 Å². The highest BCUT2D eigenvalue weighted by molar-refractivity contribution is 5.99. The molecule has 2 amide bonds. The topological polar surface area (TPSA) is 117 Å². The van der Waals surface area contributed by atoms with Gasteiger partial charge in [-0.2, -0.15) is 0 Å². The normalized spacial score (nSPS) is 10.5. The van der Waals surface area contributed by atoms with Gasteiger partial charge in [-0.25, -0.2) is 0 Å². The van der Waals surface area contributed by atoms with Gasteiger partial charge in [0.05, 0.1) is 6.54 Å². The number of rotatable bonds is 7. The largest absolute Gasteiger partial charge is 0.380 e. The van der Waals surface area contributed by atoms with Crippen molar-refractivity contribution >= 4 is 17.5 Å². The van der Waals surface area contributed by atoms with Crippen LogP contribution in [0.2, 0.25) is 0 Å². The summed E-state index contributed by atoms with van der Waals surface area (Å²) >= 11 is 0. The molecule has 7 nitrogen and oxygen atoms in total. The third-order valence-electron chi connectivity index (χ3n) is 2.50. The van der Waals surface area contributed by atoms with Crippen molar-refractivity contribution in [2.75, 3.05) is 26.1 Å². The summed E-state index contributed by atoms with van der Waals surface area (Å²) in [5.74, 6) is -1.28. The summed E-state index contributed by atoms with van der Waals surface area (Å²) in [6.07, 6.45) is -0.450. The molecule has 0 aliphatic rings. The first-order valence-corrected chi connectivity index (χ1v) is 5.52. The molecule has 0 radical (unpaired) electrons. The molecule has 0 aliphatic heterocycles. The molecule has 0 aliphatic carbocycles. The lowest BCUT2D eigenvalue weighted by Crippen LogP contribution is -2.24. The average Bonchev–Trinajstić information content (AvgIpc) is 2.39. The van der Waals surface area contributed by atoms with E-state index in [4.69, 9.17) is 20.9 Å². The molecule has 1 rings (SSSR count). The molecule has 19 heavy (non-hydrogen) atoms. The van der Waals surface area contributed by atoms with E-state index in [1.165, 1.54) is 32.4 Å². The Hall–Kier alpha value is -2.12. The second-order valence-corrected chi connectivity index (χ2v) is 3.81. The fraction of sp³-hybridized carbons (Fsp3) is 0.333. The number of nitrogens with two attached hydrogens (primary N) is 2. The molecule has 5 N–H and O–H groups in total. The summed E-state index contributed by atoms with van der Waals surface area (Å²) in [5, 5.41) is 2.97. The van der Waals surface area contributed by atoms with Crippen LogP contribution in [0.4, 0.5) is 5.69 Å². The molecule has 0 aromatic heterocycles. The fourth-order valence-electron chi connectivity index (χ4n) is 1.48. The van der Waals surface area contributed by atoms with E-state index < -0.39 is 18.1 Å². The molecule has 0 fully saturated rings. The maximum atomic E-state index is 11.2. The van der Waals surface area contributed by atoms with Gasteiger partial charge in [-0.1, -0.05) is 0 Å². The number of benzene rings is 1. The van der Waals surface area contributed by atoms with Crippen molar-refractivity contribution in [1.82, 2.24) is 0 Å². The average molecular weight is 267 g/mol. The summed E-state index contributed by atoms with van der Waals surface area (Å²) in [4.78, 5) is 22.3. The van der Waals surface area contributed by atoms with E-state index in [1.807, 2.05) is 0 Å². The zero-order chi connectivity index (χ0) is 14.4. The monoisotopic (exact) mass is 267 g/mol. The van der Waals surface area contributed by atoms with Gasteiger partial charge in [0.15, 0.2) is 6.29 Å². The number of anilines is 1. The number of hydrogen-bond acceptors (Lipinski definition) is 5. The van der Waals surface area contributed by atoms with Gasteiger partial charge in [0, 0.05) is 31.0 Å². The van der Waals surface area contributed by atoms with Gasteiger partial charge in [-0.3, -0.25) is 9.59 Å². The number of methoxy groups -OCH3 is 2. The van der Waals surface area contributed by atoms with E-state index in [2.05, 4.69) is 5.32 Å². The second kappa shape index (κ2) is 6.72. The number of carbonyl (C=O) groups excluding carboxylic acids is 2. The third kappa shape index (κ3) is 4.23. The van der Waals surface area contributed by atoms with Crippen LogP contribution in [0.1, 0.15) is 20.7 Å². The van der Waals surface area contributed by atoms with Crippen LogP contribution < -0.4 is 16.8 Å². The molecule has 1 aromatic carbocycles. The van der Waals surface area contributed by atoms with Crippen molar-refractivity contribution in [2.45, 2.75) is 6.29 Å². The van der Waals surface area contributed by atoms with Gasteiger partial charge in [0.2, 0.25) is 11.8 Å². The lowest BCUT2D eigenvalue weighted by Gasteiger charge is -2.15. The molecule has 104 valence electrons. The summed E-state index contributed by atoms with van der Waals surface area (Å²) < 4.78 is 10.0. The minimum absolute atomic E-state index is 0.199. The van der Waals surface area contributed by atoms with Gasteiger partial charge in [0.1, 0.15) is 0 Å². The molecular formula is C12H17N3O4. The summed E-state index contributed by atoms with van der Waals surface area (Å²) in [6, 6.07) is 4.40. The highest BCUT2D eigenvalue weighted by Crippen LogP contribution is 2.15. The van der Waals surface area contributed by atoms with E-state index in [1.54, 1.807) is 0 Å². The molecule has 0 spiro atoms. The van der Waals surface area contributed by atoms with E-state index in [9.17, 15) is 9.59 Å². The molecule has 1 aromatic rings. The van der Waals surface area contributed by atoms with Gasteiger partial charge < -0.3 is 26.3 Å². The predicted molar refractivity (Wildman–Crippen MR) is 69.8 cm³/mol. The van der Waals surface area contributed by atoms with Crippen molar-refractivity contribution in [3.63, 3.8) is 0 Å². The number of hydrogen-bond donors (Lipinski definition) is 3. The van der Waals surface area contributed by atoms with Gasteiger partial charge >= 0.3 is 0 Å². The van der Waals surface area contributed by atoms with Crippen molar-refractivity contribution < 1.29 is 19.1 Å². The number of nitrogens with one attached hydrogen (secondary N) is 1. The Balaban J connectivity index is 2.93. The third-order valence-corrected chi connectivity index (χ3v) is 2.50. The molecule has 0 saturated heterocycles. The van der Waals surface area contributed by atoms with E-state index in [0.29, 0.717) is 12.2 Å². The smallest absolute Gasteiger partial charge is 0.248 e. The highest BCUT2D eigenvalue weighted by atomic mass is 16.7. The minimum atomic E-state index is -0.638. The maximum absolute atomic E-state index is 11.2. The van der Waals surface area contributed by atoms with Crippen molar-refractivity contribution in [2.24, 2.45) is 11.5 Å². The lowest BCUT2D eigenvalue weighted by molar-refractivity contribution is -0.0914. The van der Waals surface area contributed by atoms with Crippen LogP contribution in [-0.2, 0) is 9.47 Å². The molecule has 0 saturated carbocycles. The Morgan fingerprint density at radius 2 is 1.58 bits per heavy atom. The van der Waals surface area contributed by atoms with Gasteiger partial charge in [0.25, 0.3) is 0 Å². The van der Waals surface area contributed by atoms with Gasteiger partial charge in [-0.05, 0) is 18.2 Å². The number of carbonyl (C=O) groups is 2. The SMILES string of the molecule is COC(CNc1cc(C(N)=O)cc(C(N)=O)c1)OC. The van der Waals surface area contributed by atoms with E-state index >= 15 is 0 Å². The lowest BCUT2D eigenvalue weighted by atomic mass is 10.1. The van der Waals surface area contributed by atoms with Crippen LogP contribution in [0, 0.1) is 0 Å². The Labute approximate surface area is 110 Å². The molecule has 0 heterocycles. The van der Waals surface area contributed by atoms with Crippen LogP contribution in [0.15, 0.2) is 18.2 Å². The summed E-state index contributed by atoms with van der Waals surface area (Å²) in [7, 11) is 3.01. The molecule has 0 unspecified atom stereocenters. The Morgan fingerprint density at radius 3 is 1.95 bits per heavy atom. The van der Waals surface area contributed by atoms with Crippen molar-refractivity contribution in [3.8, 4) is 0 Å². The Morgan fingerprint density at radius 1 is 1.11 bits per heavy atom. The second-order valence-electron chi connectivity index (χ2n) is 3.81. The summed E-state index contributed by atoms with van der Waals surface area (Å²) in [5.41, 5.74) is 11.3. The fourth-order valence-corrected chi connectivity index (χ4v) is 1.48. The van der Waals surface area contributed by atoms with Crippen LogP contribution in [0.5, 0.6) is 0 Å². The Bertz CT molecular complexity index is 440. The summed E-state index contributed by atoms with van der Waals surface area (Å²) in [6.45, 7) is 0.341. The standard InChI is InChI=1S/C12H17N3O4/c1-18-10(19-2)6-15-9-4-7(11(13)16)3-8(5-9)12(14)17/h3-5,10,15H,6H2,1-2H3,(H2,13,16)(H2,14,17). The predicted octanol–water partition coefficient (Wildman–Crippen LogP) is -0.0848. The first-order chi connectivity index (χ1) is 8.97.